The molecule has 0 radical (unpaired) electrons. The van der Waals surface area contributed by atoms with Crippen molar-refractivity contribution in [2.45, 2.75) is 17.0 Å². The zero-order valence-corrected chi connectivity index (χ0v) is 22.0. The van der Waals surface area contributed by atoms with E-state index in [0.29, 0.717) is 25.5 Å². The summed E-state index contributed by atoms with van der Waals surface area (Å²) < 4.78 is 34.9. The second-order valence-electron chi connectivity index (χ2n) is 9.76. The highest BCUT2D eigenvalue weighted by Gasteiger charge is 2.44. The van der Waals surface area contributed by atoms with Gasteiger partial charge in [0.25, 0.3) is 5.91 Å². The first kappa shape index (κ1) is 25.3. The van der Waals surface area contributed by atoms with Crippen molar-refractivity contribution in [1.82, 2.24) is 25.3 Å². The SMILES string of the molecule is CS(=O)(=O)c1cncc(C(=O)NCc2cc3nc(-c4cccc(N5CCOC6(COC6)C5)n4)ccc3cn2)c1. The first-order chi connectivity index (χ1) is 18.8. The van der Waals surface area contributed by atoms with Crippen LogP contribution in [0.5, 0.6) is 0 Å². The highest BCUT2D eigenvalue weighted by Crippen LogP contribution is 2.29. The van der Waals surface area contributed by atoms with E-state index < -0.39 is 15.7 Å². The van der Waals surface area contributed by atoms with Gasteiger partial charge in [-0.1, -0.05) is 6.07 Å². The largest absolute Gasteiger partial charge is 0.375 e. The van der Waals surface area contributed by atoms with Crippen molar-refractivity contribution < 1.29 is 22.7 Å². The van der Waals surface area contributed by atoms with Gasteiger partial charge in [0.1, 0.15) is 11.4 Å². The van der Waals surface area contributed by atoms with Gasteiger partial charge in [0.2, 0.25) is 0 Å². The standard InChI is InChI=1S/C27H26N6O5S/c1-39(35,36)21-9-19(11-28-14-21)26(34)30-13-20-10-24-18(12-29-20)5-6-23(31-24)22-3-2-4-25(32-22)33-7-8-38-27(15-33)16-37-17-27/h2-6,9-12,14H,7-8,13,15-17H2,1H3,(H,30,34). The first-order valence-electron chi connectivity index (χ1n) is 12.4. The molecule has 0 aromatic carbocycles. The quantitative estimate of drug-likeness (QED) is 0.382. The monoisotopic (exact) mass is 546 g/mol. The summed E-state index contributed by atoms with van der Waals surface area (Å²) in [5, 5.41) is 3.62. The van der Waals surface area contributed by atoms with E-state index in [0.717, 1.165) is 47.5 Å². The van der Waals surface area contributed by atoms with E-state index in [4.69, 9.17) is 19.4 Å². The molecule has 2 aliphatic heterocycles. The number of nitrogens with one attached hydrogen (secondary N) is 1. The molecule has 200 valence electrons. The van der Waals surface area contributed by atoms with Crippen LogP contribution < -0.4 is 10.2 Å². The summed E-state index contributed by atoms with van der Waals surface area (Å²) in [6.45, 7) is 3.49. The molecule has 11 nitrogen and oxygen atoms in total. The predicted octanol–water partition coefficient (Wildman–Crippen LogP) is 2.03. The Kier molecular flexibility index (Phi) is 6.45. The number of carbonyl (C=O) groups is 1. The van der Waals surface area contributed by atoms with Crippen LogP contribution in [0.3, 0.4) is 0 Å². The molecule has 2 aliphatic rings. The zero-order valence-electron chi connectivity index (χ0n) is 21.2. The Hall–Kier alpha value is -4.00. The number of aromatic nitrogens is 4. The molecule has 2 saturated heterocycles. The number of nitrogens with zero attached hydrogens (tertiary/aromatic N) is 5. The lowest BCUT2D eigenvalue weighted by molar-refractivity contribution is -0.211. The third-order valence-electron chi connectivity index (χ3n) is 6.76. The summed E-state index contributed by atoms with van der Waals surface area (Å²) in [7, 11) is -3.47. The fourth-order valence-corrected chi connectivity index (χ4v) is 5.20. The van der Waals surface area contributed by atoms with Gasteiger partial charge in [0.05, 0.1) is 66.0 Å². The lowest BCUT2D eigenvalue weighted by Crippen LogP contribution is -2.63. The summed E-state index contributed by atoms with van der Waals surface area (Å²) >= 11 is 0. The molecule has 1 N–H and O–H groups in total. The van der Waals surface area contributed by atoms with Crippen LogP contribution in [0.4, 0.5) is 5.82 Å². The average Bonchev–Trinajstić information content (AvgIpc) is 2.94. The fraction of sp³-hybridized carbons (Fsp3) is 0.296. The van der Waals surface area contributed by atoms with Crippen LogP contribution in [0.2, 0.25) is 0 Å². The Balaban J connectivity index is 1.19. The van der Waals surface area contributed by atoms with E-state index in [1.165, 1.54) is 18.5 Å². The molecule has 0 aliphatic carbocycles. The Morgan fingerprint density at radius 2 is 1.92 bits per heavy atom. The van der Waals surface area contributed by atoms with Crippen molar-refractivity contribution in [2.75, 3.05) is 44.1 Å². The number of anilines is 1. The van der Waals surface area contributed by atoms with E-state index in [9.17, 15) is 13.2 Å². The molecular formula is C27H26N6O5S. The molecule has 6 heterocycles. The molecule has 39 heavy (non-hydrogen) atoms. The summed E-state index contributed by atoms with van der Waals surface area (Å²) in [6.07, 6.45) is 5.31. The van der Waals surface area contributed by atoms with Crippen LogP contribution in [0.15, 0.2) is 66.0 Å². The van der Waals surface area contributed by atoms with Gasteiger partial charge in [-0.3, -0.25) is 14.8 Å². The average molecular weight is 547 g/mol. The minimum atomic E-state index is -3.47. The summed E-state index contributed by atoms with van der Waals surface area (Å²) in [6, 6.07) is 12.9. The predicted molar refractivity (Wildman–Crippen MR) is 143 cm³/mol. The van der Waals surface area contributed by atoms with Gasteiger partial charge in [-0.2, -0.15) is 0 Å². The second-order valence-corrected chi connectivity index (χ2v) is 11.8. The number of carbonyl (C=O) groups excluding carboxylic acids is 1. The Morgan fingerprint density at radius 1 is 1.08 bits per heavy atom. The third kappa shape index (κ3) is 5.31. The maximum atomic E-state index is 12.6. The topological polar surface area (TPSA) is 136 Å². The molecule has 6 rings (SSSR count). The van der Waals surface area contributed by atoms with Gasteiger partial charge in [-0.25, -0.2) is 18.4 Å². The van der Waals surface area contributed by atoms with Crippen molar-refractivity contribution in [3.05, 3.63) is 72.3 Å². The third-order valence-corrected chi connectivity index (χ3v) is 7.84. The molecule has 1 spiro atoms. The van der Waals surface area contributed by atoms with Gasteiger partial charge in [0, 0.05) is 36.8 Å². The molecule has 12 heteroatoms. The van der Waals surface area contributed by atoms with Gasteiger partial charge in [-0.05, 0) is 36.4 Å². The van der Waals surface area contributed by atoms with Crippen LogP contribution in [-0.4, -0.2) is 79.0 Å². The van der Waals surface area contributed by atoms with E-state index in [1.807, 2.05) is 36.4 Å². The van der Waals surface area contributed by atoms with E-state index in [-0.39, 0.29) is 22.6 Å². The summed E-state index contributed by atoms with van der Waals surface area (Å²) in [5.41, 5.74) is 2.73. The van der Waals surface area contributed by atoms with Crippen LogP contribution in [-0.2, 0) is 25.9 Å². The smallest absolute Gasteiger partial charge is 0.253 e. The van der Waals surface area contributed by atoms with Gasteiger partial charge in [0.15, 0.2) is 9.84 Å². The van der Waals surface area contributed by atoms with E-state index in [1.54, 1.807) is 6.20 Å². The first-order valence-corrected chi connectivity index (χ1v) is 14.3. The number of amides is 1. The van der Waals surface area contributed by atoms with Crippen LogP contribution in [0, 0.1) is 0 Å². The molecule has 0 unspecified atom stereocenters. The highest BCUT2D eigenvalue weighted by molar-refractivity contribution is 7.90. The minimum absolute atomic E-state index is 0.0152. The maximum Gasteiger partial charge on any atom is 0.253 e. The fourth-order valence-electron chi connectivity index (χ4n) is 4.60. The maximum absolute atomic E-state index is 12.6. The summed E-state index contributed by atoms with van der Waals surface area (Å²) in [5.74, 6) is 0.424. The van der Waals surface area contributed by atoms with Crippen LogP contribution in [0.25, 0.3) is 22.3 Å². The van der Waals surface area contributed by atoms with Crippen molar-refractivity contribution in [3.63, 3.8) is 0 Å². The molecule has 0 bridgehead atoms. The zero-order chi connectivity index (χ0) is 27.0. The Morgan fingerprint density at radius 3 is 2.72 bits per heavy atom. The van der Waals surface area contributed by atoms with Crippen LogP contribution >= 0.6 is 0 Å². The lowest BCUT2D eigenvalue weighted by atomic mass is 9.99. The molecular weight excluding hydrogens is 520 g/mol. The number of ether oxygens (including phenoxy) is 2. The molecule has 4 aromatic heterocycles. The number of hydrogen-bond donors (Lipinski definition) is 1. The Bertz CT molecular complexity index is 1670. The van der Waals surface area contributed by atoms with Crippen LogP contribution in [0.1, 0.15) is 16.1 Å². The minimum Gasteiger partial charge on any atom is -0.375 e. The number of sulfone groups is 1. The van der Waals surface area contributed by atoms with Gasteiger partial charge < -0.3 is 19.7 Å². The Labute approximate surface area is 225 Å². The van der Waals surface area contributed by atoms with Crippen molar-refractivity contribution in [3.8, 4) is 11.4 Å². The number of fused-ring (bicyclic) bond motifs is 1. The number of morpholine rings is 1. The van der Waals surface area contributed by atoms with Crippen molar-refractivity contribution >= 4 is 32.5 Å². The number of rotatable bonds is 6. The molecule has 1 amide bonds. The molecule has 0 atom stereocenters. The van der Waals surface area contributed by atoms with Gasteiger partial charge >= 0.3 is 0 Å². The summed E-state index contributed by atoms with van der Waals surface area (Å²) in [4.78, 5) is 32.8. The number of hydrogen-bond acceptors (Lipinski definition) is 10. The van der Waals surface area contributed by atoms with Crippen molar-refractivity contribution in [2.24, 2.45) is 0 Å². The normalized spacial score (nSPS) is 16.7. The lowest BCUT2D eigenvalue weighted by Gasteiger charge is -2.48. The van der Waals surface area contributed by atoms with E-state index >= 15 is 0 Å². The molecule has 0 saturated carbocycles. The van der Waals surface area contributed by atoms with Gasteiger partial charge in [-0.15, -0.1) is 0 Å². The molecule has 4 aromatic rings. The van der Waals surface area contributed by atoms with E-state index in [2.05, 4.69) is 20.2 Å². The molecule has 2 fully saturated rings. The second kappa shape index (κ2) is 9.95. The highest BCUT2D eigenvalue weighted by atomic mass is 32.2. The number of pyridine rings is 4. The van der Waals surface area contributed by atoms with Crippen molar-refractivity contribution in [1.29, 1.82) is 0 Å².